The summed E-state index contributed by atoms with van der Waals surface area (Å²) in [5.41, 5.74) is 1.51. The van der Waals surface area contributed by atoms with E-state index in [0.717, 1.165) is 6.54 Å². The van der Waals surface area contributed by atoms with E-state index in [9.17, 15) is 0 Å². The lowest BCUT2D eigenvalue weighted by Gasteiger charge is -2.25. The molecule has 0 bridgehead atoms. The Kier molecular flexibility index (Phi) is 1.74. The van der Waals surface area contributed by atoms with E-state index >= 15 is 0 Å². The zero-order valence-electron chi connectivity index (χ0n) is 6.92. The lowest BCUT2D eigenvalue weighted by atomic mass is 9.97. The fraction of sp³-hybridized carbons (Fsp3) is 0.556. The van der Waals surface area contributed by atoms with Crippen LogP contribution in [-0.2, 0) is 0 Å². The second-order valence-electron chi connectivity index (χ2n) is 3.27. The summed E-state index contributed by atoms with van der Waals surface area (Å²) in [6.45, 7) is 5.65. The molecule has 11 heavy (non-hydrogen) atoms. The zero-order valence-corrected chi connectivity index (χ0v) is 7.74. The van der Waals surface area contributed by atoms with Crippen molar-refractivity contribution in [3.8, 4) is 0 Å². The van der Waals surface area contributed by atoms with Crippen LogP contribution in [0.25, 0.3) is 0 Å². The molecule has 1 aromatic heterocycles. The third-order valence-corrected chi connectivity index (χ3v) is 3.54. The largest absolute Gasteiger partial charge is 0.310 e. The first-order valence-electron chi connectivity index (χ1n) is 4.09. The van der Waals surface area contributed by atoms with E-state index in [-0.39, 0.29) is 0 Å². The molecule has 2 heterocycles. The van der Waals surface area contributed by atoms with Gasteiger partial charge in [-0.05, 0) is 23.9 Å². The molecule has 0 aliphatic carbocycles. The first-order chi connectivity index (χ1) is 5.29. The topological polar surface area (TPSA) is 12.0 Å². The van der Waals surface area contributed by atoms with E-state index in [0.29, 0.717) is 12.0 Å². The average molecular weight is 167 g/mol. The van der Waals surface area contributed by atoms with E-state index in [1.807, 2.05) is 11.3 Å². The fourth-order valence-corrected chi connectivity index (χ4v) is 2.70. The summed E-state index contributed by atoms with van der Waals surface area (Å²) in [6.07, 6.45) is 0. The minimum atomic E-state index is 0.562. The van der Waals surface area contributed by atoms with Gasteiger partial charge < -0.3 is 5.32 Å². The van der Waals surface area contributed by atoms with E-state index in [4.69, 9.17) is 0 Å². The lowest BCUT2D eigenvalue weighted by molar-refractivity contribution is 0.502. The fourth-order valence-electron chi connectivity index (χ4n) is 1.65. The molecule has 0 saturated carbocycles. The highest BCUT2D eigenvalue weighted by atomic mass is 32.1. The average Bonchev–Trinajstić information content (AvgIpc) is 2.45. The van der Waals surface area contributed by atoms with Crippen LogP contribution in [0.3, 0.4) is 0 Å². The normalized spacial score (nSPS) is 30.0. The van der Waals surface area contributed by atoms with Gasteiger partial charge in [-0.3, -0.25) is 0 Å². The number of nitrogens with one attached hydrogen (secondary N) is 1. The van der Waals surface area contributed by atoms with Crippen LogP contribution in [0.2, 0.25) is 0 Å². The van der Waals surface area contributed by atoms with E-state index < -0.39 is 0 Å². The second kappa shape index (κ2) is 2.61. The Morgan fingerprint density at radius 2 is 2.36 bits per heavy atom. The van der Waals surface area contributed by atoms with E-state index in [1.54, 1.807) is 4.88 Å². The smallest absolute Gasteiger partial charge is 0.0303 e. The van der Waals surface area contributed by atoms with Gasteiger partial charge in [-0.2, -0.15) is 0 Å². The summed E-state index contributed by atoms with van der Waals surface area (Å²) in [5, 5.41) is 5.68. The molecule has 0 aromatic carbocycles. The maximum Gasteiger partial charge on any atom is 0.0303 e. The first-order valence-corrected chi connectivity index (χ1v) is 4.97. The van der Waals surface area contributed by atoms with Crippen LogP contribution in [0.5, 0.6) is 0 Å². The maximum absolute atomic E-state index is 3.48. The van der Waals surface area contributed by atoms with Gasteiger partial charge in [0, 0.05) is 23.4 Å². The molecule has 0 amide bonds. The van der Waals surface area contributed by atoms with Crippen molar-refractivity contribution in [3.63, 3.8) is 0 Å². The van der Waals surface area contributed by atoms with Crippen molar-refractivity contribution >= 4 is 11.3 Å². The molecule has 1 N–H and O–H groups in total. The Balaban J connectivity index is 2.43. The first kappa shape index (κ1) is 7.32. The number of hydrogen-bond donors (Lipinski definition) is 1. The number of hydrogen-bond acceptors (Lipinski definition) is 2. The Morgan fingerprint density at radius 3 is 3.09 bits per heavy atom. The highest BCUT2D eigenvalue weighted by molar-refractivity contribution is 7.10. The zero-order chi connectivity index (χ0) is 7.84. The Morgan fingerprint density at radius 1 is 1.55 bits per heavy atom. The van der Waals surface area contributed by atoms with Gasteiger partial charge in [-0.25, -0.2) is 0 Å². The Hall–Kier alpha value is -0.340. The van der Waals surface area contributed by atoms with Crippen molar-refractivity contribution in [2.75, 3.05) is 6.54 Å². The summed E-state index contributed by atoms with van der Waals surface area (Å²) in [5.74, 6) is 0.709. The van der Waals surface area contributed by atoms with Crippen molar-refractivity contribution in [2.45, 2.75) is 25.8 Å². The second-order valence-corrected chi connectivity index (χ2v) is 4.22. The van der Waals surface area contributed by atoms with Gasteiger partial charge in [0.25, 0.3) is 0 Å². The quantitative estimate of drug-likeness (QED) is 0.626. The molecule has 60 valence electrons. The molecule has 0 saturated heterocycles. The molecule has 0 radical (unpaired) electrons. The molecule has 0 spiro atoms. The molecular weight excluding hydrogens is 154 g/mol. The molecule has 2 rings (SSSR count). The van der Waals surface area contributed by atoms with Gasteiger partial charge in [0.15, 0.2) is 0 Å². The van der Waals surface area contributed by atoms with Crippen molar-refractivity contribution in [1.82, 2.24) is 5.32 Å². The lowest BCUT2D eigenvalue weighted by Crippen LogP contribution is -2.28. The Bertz CT molecular complexity index is 229. The summed E-state index contributed by atoms with van der Waals surface area (Å²) < 4.78 is 0. The van der Waals surface area contributed by atoms with E-state index in [1.165, 1.54) is 5.56 Å². The van der Waals surface area contributed by atoms with Crippen LogP contribution < -0.4 is 5.32 Å². The minimum absolute atomic E-state index is 0.562. The van der Waals surface area contributed by atoms with Crippen molar-refractivity contribution < 1.29 is 0 Å². The summed E-state index contributed by atoms with van der Waals surface area (Å²) in [6, 6.07) is 2.81. The predicted molar refractivity (Wildman–Crippen MR) is 49.2 cm³/mol. The van der Waals surface area contributed by atoms with Crippen LogP contribution in [0.15, 0.2) is 11.4 Å². The molecular formula is C9H13NS. The monoisotopic (exact) mass is 167 g/mol. The van der Waals surface area contributed by atoms with Gasteiger partial charge in [0.2, 0.25) is 0 Å². The maximum atomic E-state index is 3.48. The van der Waals surface area contributed by atoms with Gasteiger partial charge in [0.1, 0.15) is 0 Å². The number of rotatable bonds is 0. The summed E-state index contributed by atoms with van der Waals surface area (Å²) in [4.78, 5) is 1.58. The van der Waals surface area contributed by atoms with Gasteiger partial charge in [-0.15, -0.1) is 11.3 Å². The van der Waals surface area contributed by atoms with Crippen molar-refractivity contribution in [2.24, 2.45) is 0 Å². The molecule has 2 atom stereocenters. The predicted octanol–water partition coefficient (Wildman–Crippen LogP) is 2.52. The molecule has 1 nitrogen and oxygen atoms in total. The van der Waals surface area contributed by atoms with Gasteiger partial charge in [-0.1, -0.05) is 6.92 Å². The van der Waals surface area contributed by atoms with Crippen molar-refractivity contribution in [3.05, 3.63) is 21.9 Å². The Labute approximate surface area is 71.4 Å². The highest BCUT2D eigenvalue weighted by Gasteiger charge is 2.21. The minimum Gasteiger partial charge on any atom is -0.310 e. The third kappa shape index (κ3) is 1.10. The van der Waals surface area contributed by atoms with E-state index in [2.05, 4.69) is 30.6 Å². The van der Waals surface area contributed by atoms with Gasteiger partial charge >= 0.3 is 0 Å². The molecule has 0 fully saturated rings. The standard InChI is InChI=1S/C9H13NS/c1-6-5-10-7(2)8-3-4-11-9(6)8/h3-4,6-7,10H,5H2,1-2H3/t6-,7-/m0/s1. The SMILES string of the molecule is C[C@@H]1NC[C@H](C)c2sccc21. The van der Waals surface area contributed by atoms with Crippen LogP contribution in [0.1, 0.15) is 36.2 Å². The van der Waals surface area contributed by atoms with Crippen molar-refractivity contribution in [1.29, 1.82) is 0 Å². The summed E-state index contributed by atoms with van der Waals surface area (Å²) in [7, 11) is 0. The van der Waals surface area contributed by atoms with Crippen LogP contribution >= 0.6 is 11.3 Å². The molecule has 0 unspecified atom stereocenters. The van der Waals surface area contributed by atoms with Crippen LogP contribution in [0, 0.1) is 0 Å². The van der Waals surface area contributed by atoms with Crippen LogP contribution in [-0.4, -0.2) is 6.54 Å². The highest BCUT2D eigenvalue weighted by Crippen LogP contribution is 2.33. The number of fused-ring (bicyclic) bond motifs is 1. The number of thiophene rings is 1. The molecule has 1 aromatic rings. The molecule has 1 aliphatic rings. The molecule has 1 aliphatic heterocycles. The van der Waals surface area contributed by atoms with Crippen LogP contribution in [0.4, 0.5) is 0 Å². The summed E-state index contributed by atoms with van der Waals surface area (Å²) >= 11 is 1.90. The van der Waals surface area contributed by atoms with Gasteiger partial charge in [0.05, 0.1) is 0 Å². The molecule has 2 heteroatoms. The third-order valence-electron chi connectivity index (χ3n) is 2.37.